The summed E-state index contributed by atoms with van der Waals surface area (Å²) in [6, 6.07) is 16.2. The summed E-state index contributed by atoms with van der Waals surface area (Å²) in [5.74, 6) is -0.460. The molecule has 3 aromatic heterocycles. The van der Waals surface area contributed by atoms with Crippen LogP contribution in [-0.2, 0) is 0 Å². The molecule has 0 radical (unpaired) electrons. The fourth-order valence-corrected chi connectivity index (χ4v) is 2.67. The van der Waals surface area contributed by atoms with Gasteiger partial charge in [0.25, 0.3) is 11.5 Å². The zero-order valence-electron chi connectivity index (χ0n) is 13.1. The van der Waals surface area contributed by atoms with Crippen molar-refractivity contribution in [2.24, 2.45) is 0 Å². The Bertz CT molecular complexity index is 1090. The molecule has 0 saturated heterocycles. The van der Waals surface area contributed by atoms with Gasteiger partial charge in [0.15, 0.2) is 0 Å². The first-order valence-electron chi connectivity index (χ1n) is 7.74. The summed E-state index contributed by atoms with van der Waals surface area (Å²) in [5, 5.41) is 2.80. The third kappa shape index (κ3) is 2.81. The fourth-order valence-electron chi connectivity index (χ4n) is 2.67. The van der Waals surface area contributed by atoms with E-state index in [0.717, 1.165) is 16.9 Å². The predicted molar refractivity (Wildman–Crippen MR) is 95.6 cm³/mol. The molecule has 0 aliphatic carbocycles. The molecule has 6 heteroatoms. The number of para-hydroxylation sites is 1. The lowest BCUT2D eigenvalue weighted by Crippen LogP contribution is -2.22. The molecule has 0 saturated carbocycles. The van der Waals surface area contributed by atoms with Crippen LogP contribution in [0.4, 0.5) is 5.69 Å². The zero-order chi connectivity index (χ0) is 17.2. The minimum atomic E-state index is -0.460. The van der Waals surface area contributed by atoms with Gasteiger partial charge in [0.05, 0.1) is 11.4 Å². The van der Waals surface area contributed by atoms with Crippen molar-refractivity contribution in [3.63, 3.8) is 0 Å². The van der Waals surface area contributed by atoms with Gasteiger partial charge in [-0.3, -0.25) is 9.59 Å². The van der Waals surface area contributed by atoms with Crippen molar-refractivity contribution in [3.05, 3.63) is 89.1 Å². The average Bonchev–Trinajstić information content (AvgIpc) is 3.06. The Labute approximate surface area is 142 Å². The highest BCUT2D eigenvalue weighted by molar-refractivity contribution is 6.05. The molecule has 25 heavy (non-hydrogen) atoms. The van der Waals surface area contributed by atoms with Gasteiger partial charge >= 0.3 is 0 Å². The lowest BCUT2D eigenvalue weighted by Gasteiger charge is -2.09. The van der Waals surface area contributed by atoms with Crippen LogP contribution in [0.5, 0.6) is 0 Å². The van der Waals surface area contributed by atoms with Crippen molar-refractivity contribution in [3.8, 4) is 11.3 Å². The standard InChI is InChI=1S/C19H14N4O2/c24-18-14(7-5-10-20-18)19(25)22-15-8-2-1-6-13(15)16-12-23-11-4-3-9-17(23)21-16/h1-12H,(H,20,24)(H,22,25). The van der Waals surface area contributed by atoms with E-state index in [9.17, 15) is 9.59 Å². The number of pyridine rings is 2. The monoisotopic (exact) mass is 330 g/mol. The quantitative estimate of drug-likeness (QED) is 0.606. The van der Waals surface area contributed by atoms with Crippen molar-refractivity contribution in [2.45, 2.75) is 0 Å². The Hall–Kier alpha value is -3.67. The number of H-pyrrole nitrogens is 1. The van der Waals surface area contributed by atoms with Gasteiger partial charge in [-0.1, -0.05) is 24.3 Å². The number of nitrogens with zero attached hydrogens (tertiary/aromatic N) is 2. The first-order valence-corrected chi connectivity index (χ1v) is 7.74. The molecule has 0 atom stereocenters. The summed E-state index contributed by atoms with van der Waals surface area (Å²) in [4.78, 5) is 31.3. The number of imidazole rings is 1. The molecular formula is C19H14N4O2. The van der Waals surface area contributed by atoms with E-state index >= 15 is 0 Å². The van der Waals surface area contributed by atoms with E-state index in [2.05, 4.69) is 15.3 Å². The number of benzene rings is 1. The van der Waals surface area contributed by atoms with E-state index in [0.29, 0.717) is 5.69 Å². The van der Waals surface area contributed by atoms with Gasteiger partial charge in [-0.2, -0.15) is 0 Å². The van der Waals surface area contributed by atoms with E-state index < -0.39 is 11.5 Å². The number of carbonyl (C=O) groups is 1. The number of nitrogens with one attached hydrogen (secondary N) is 2. The Morgan fingerprint density at radius 1 is 1.04 bits per heavy atom. The molecule has 4 aromatic rings. The Balaban J connectivity index is 1.73. The fraction of sp³-hybridized carbons (Fsp3) is 0. The summed E-state index contributed by atoms with van der Waals surface area (Å²) in [6.45, 7) is 0. The highest BCUT2D eigenvalue weighted by atomic mass is 16.2. The first kappa shape index (κ1) is 14.9. The van der Waals surface area contributed by atoms with Crippen molar-refractivity contribution < 1.29 is 4.79 Å². The molecule has 1 amide bonds. The third-order valence-corrected chi connectivity index (χ3v) is 3.88. The van der Waals surface area contributed by atoms with Crippen LogP contribution in [0, 0.1) is 0 Å². The van der Waals surface area contributed by atoms with Gasteiger partial charge < -0.3 is 14.7 Å². The van der Waals surface area contributed by atoms with Crippen LogP contribution in [0.3, 0.4) is 0 Å². The number of aromatic amines is 1. The second kappa shape index (κ2) is 6.09. The molecule has 0 unspecified atom stereocenters. The van der Waals surface area contributed by atoms with E-state index in [1.165, 1.54) is 12.3 Å². The largest absolute Gasteiger partial charge is 0.328 e. The highest BCUT2D eigenvalue weighted by Gasteiger charge is 2.14. The number of rotatable bonds is 3. The van der Waals surface area contributed by atoms with Crippen molar-refractivity contribution in [1.29, 1.82) is 0 Å². The number of anilines is 1. The number of hydrogen-bond donors (Lipinski definition) is 2. The first-order chi connectivity index (χ1) is 12.2. The van der Waals surface area contributed by atoms with Crippen LogP contribution < -0.4 is 10.9 Å². The summed E-state index contributed by atoms with van der Waals surface area (Å²) in [7, 11) is 0. The molecule has 0 bridgehead atoms. The van der Waals surface area contributed by atoms with Gasteiger partial charge in [0.2, 0.25) is 0 Å². The number of aromatic nitrogens is 3. The number of amides is 1. The molecule has 6 nitrogen and oxygen atoms in total. The van der Waals surface area contributed by atoms with Gasteiger partial charge in [0, 0.05) is 24.2 Å². The maximum atomic E-state index is 12.4. The summed E-state index contributed by atoms with van der Waals surface area (Å²) < 4.78 is 1.91. The Kier molecular flexibility index (Phi) is 3.63. The van der Waals surface area contributed by atoms with Crippen LogP contribution in [0.1, 0.15) is 10.4 Å². The van der Waals surface area contributed by atoms with Gasteiger partial charge in [-0.15, -0.1) is 0 Å². The van der Waals surface area contributed by atoms with Crippen LogP contribution in [-0.4, -0.2) is 20.3 Å². The third-order valence-electron chi connectivity index (χ3n) is 3.88. The van der Waals surface area contributed by atoms with Gasteiger partial charge in [0.1, 0.15) is 11.2 Å². The van der Waals surface area contributed by atoms with E-state index in [-0.39, 0.29) is 5.56 Å². The predicted octanol–water partition coefficient (Wildman–Crippen LogP) is 2.94. The van der Waals surface area contributed by atoms with E-state index in [4.69, 9.17) is 0 Å². The SMILES string of the molecule is O=C(Nc1ccccc1-c1cn2ccccc2n1)c1ccc[nH]c1=O. The number of fused-ring (bicyclic) bond motifs is 1. The smallest absolute Gasteiger partial charge is 0.261 e. The van der Waals surface area contributed by atoms with Crippen molar-refractivity contribution in [2.75, 3.05) is 5.32 Å². The molecule has 1 aromatic carbocycles. The van der Waals surface area contributed by atoms with Crippen LogP contribution in [0.25, 0.3) is 16.9 Å². The minimum Gasteiger partial charge on any atom is -0.328 e. The molecule has 0 aliphatic heterocycles. The van der Waals surface area contributed by atoms with Gasteiger partial charge in [-0.25, -0.2) is 4.98 Å². The normalized spacial score (nSPS) is 10.7. The Morgan fingerprint density at radius 2 is 1.88 bits per heavy atom. The van der Waals surface area contributed by atoms with E-state index in [1.54, 1.807) is 12.1 Å². The lowest BCUT2D eigenvalue weighted by atomic mass is 10.1. The summed E-state index contributed by atoms with van der Waals surface area (Å²) >= 11 is 0. The van der Waals surface area contributed by atoms with Crippen LogP contribution in [0.15, 0.2) is 78.0 Å². The molecule has 3 heterocycles. The maximum absolute atomic E-state index is 12.4. The number of hydrogen-bond acceptors (Lipinski definition) is 3. The maximum Gasteiger partial charge on any atom is 0.261 e. The molecule has 0 fully saturated rings. The summed E-state index contributed by atoms with van der Waals surface area (Å²) in [5.41, 5.74) is 2.57. The molecule has 122 valence electrons. The van der Waals surface area contributed by atoms with Crippen molar-refractivity contribution in [1.82, 2.24) is 14.4 Å². The van der Waals surface area contributed by atoms with E-state index in [1.807, 2.05) is 53.2 Å². The minimum absolute atomic E-state index is 0.0623. The molecule has 0 spiro atoms. The highest BCUT2D eigenvalue weighted by Crippen LogP contribution is 2.27. The topological polar surface area (TPSA) is 79.3 Å². The lowest BCUT2D eigenvalue weighted by molar-refractivity contribution is 0.102. The summed E-state index contributed by atoms with van der Waals surface area (Å²) in [6.07, 6.45) is 5.30. The van der Waals surface area contributed by atoms with Crippen LogP contribution >= 0.6 is 0 Å². The van der Waals surface area contributed by atoms with Crippen LogP contribution in [0.2, 0.25) is 0 Å². The zero-order valence-corrected chi connectivity index (χ0v) is 13.1. The molecular weight excluding hydrogens is 316 g/mol. The molecule has 2 N–H and O–H groups in total. The van der Waals surface area contributed by atoms with Crippen molar-refractivity contribution >= 4 is 17.2 Å². The second-order valence-electron chi connectivity index (χ2n) is 5.50. The average molecular weight is 330 g/mol. The second-order valence-corrected chi connectivity index (χ2v) is 5.50. The Morgan fingerprint density at radius 3 is 2.72 bits per heavy atom. The number of carbonyl (C=O) groups excluding carboxylic acids is 1. The molecule has 4 rings (SSSR count). The molecule has 0 aliphatic rings. The van der Waals surface area contributed by atoms with Gasteiger partial charge in [-0.05, 0) is 30.3 Å².